The smallest absolute Gasteiger partial charge is 0.294 e. The summed E-state index contributed by atoms with van der Waals surface area (Å²) in [5.41, 5.74) is 2.54. The van der Waals surface area contributed by atoms with Gasteiger partial charge in [0.1, 0.15) is 0 Å². The third kappa shape index (κ3) is 3.01. The van der Waals surface area contributed by atoms with Crippen molar-refractivity contribution in [1.29, 1.82) is 0 Å². The summed E-state index contributed by atoms with van der Waals surface area (Å²) in [5, 5.41) is 2.48. The minimum atomic E-state index is -0.368. The van der Waals surface area contributed by atoms with Crippen LogP contribution in [0, 0.1) is 0 Å². The van der Waals surface area contributed by atoms with Crippen LogP contribution < -0.4 is 10.2 Å². The summed E-state index contributed by atoms with van der Waals surface area (Å²) in [6.45, 7) is 0.630. The van der Waals surface area contributed by atoms with E-state index in [1.165, 1.54) is 0 Å². The average molecular weight is 294 g/mol. The molecule has 0 spiro atoms. The van der Waals surface area contributed by atoms with Crippen molar-refractivity contribution in [2.24, 2.45) is 0 Å². The molecule has 4 heteroatoms. The highest BCUT2D eigenvalue weighted by molar-refractivity contribution is 6.09. The van der Waals surface area contributed by atoms with Gasteiger partial charge in [0.25, 0.3) is 5.91 Å². The first kappa shape index (κ1) is 14.3. The number of hydrogen-bond acceptors (Lipinski definition) is 2. The number of aryl methyl sites for hydroxylation is 1. The lowest BCUT2D eigenvalue weighted by Gasteiger charge is -2.22. The van der Waals surface area contributed by atoms with Gasteiger partial charge in [-0.15, -0.1) is 0 Å². The van der Waals surface area contributed by atoms with Crippen LogP contribution in [0.25, 0.3) is 0 Å². The number of nitrogens with one attached hydrogen (secondary N) is 1. The lowest BCUT2D eigenvalue weighted by molar-refractivity contribution is 0.0965. The van der Waals surface area contributed by atoms with Gasteiger partial charge in [-0.1, -0.05) is 36.4 Å². The molecule has 0 aromatic heterocycles. The highest BCUT2D eigenvalue weighted by atomic mass is 16.2. The molecule has 0 unspecified atom stereocenters. The Morgan fingerprint density at radius 2 is 1.64 bits per heavy atom. The Morgan fingerprint density at radius 3 is 2.45 bits per heavy atom. The van der Waals surface area contributed by atoms with Crippen LogP contribution in [0.3, 0.4) is 0 Å². The summed E-state index contributed by atoms with van der Waals surface area (Å²) in [6.07, 6.45) is 2.95. The van der Waals surface area contributed by atoms with E-state index in [0.717, 1.165) is 30.5 Å². The van der Waals surface area contributed by atoms with E-state index in [-0.39, 0.29) is 11.9 Å². The Labute approximate surface area is 129 Å². The first-order valence-corrected chi connectivity index (χ1v) is 7.51. The second kappa shape index (κ2) is 6.43. The van der Waals surface area contributed by atoms with Gasteiger partial charge in [-0.25, -0.2) is 4.79 Å². The molecule has 1 heterocycles. The van der Waals surface area contributed by atoms with Gasteiger partial charge in [0.05, 0.1) is 0 Å². The zero-order valence-corrected chi connectivity index (χ0v) is 12.3. The van der Waals surface area contributed by atoms with Crippen molar-refractivity contribution in [3.8, 4) is 0 Å². The summed E-state index contributed by atoms with van der Waals surface area (Å²) in [5.74, 6) is -0.368. The van der Waals surface area contributed by atoms with Crippen molar-refractivity contribution < 1.29 is 9.59 Å². The van der Waals surface area contributed by atoms with Crippen molar-refractivity contribution in [3.05, 3.63) is 65.7 Å². The number of rotatable bonds is 1. The van der Waals surface area contributed by atoms with Gasteiger partial charge in [0, 0.05) is 17.8 Å². The summed E-state index contributed by atoms with van der Waals surface area (Å²) < 4.78 is 0. The SMILES string of the molecule is O=C(NC(=O)N1CCCCc2ccccc21)c1ccccc1. The van der Waals surface area contributed by atoms with E-state index >= 15 is 0 Å². The Kier molecular flexibility index (Phi) is 4.19. The molecule has 0 bridgehead atoms. The van der Waals surface area contributed by atoms with Gasteiger partial charge in [0.2, 0.25) is 0 Å². The molecule has 112 valence electrons. The molecule has 3 rings (SSSR count). The van der Waals surface area contributed by atoms with Gasteiger partial charge >= 0.3 is 6.03 Å². The number of imide groups is 1. The standard InChI is InChI=1S/C18H18N2O2/c21-17(15-10-2-1-3-11-15)19-18(22)20-13-7-6-9-14-8-4-5-12-16(14)20/h1-5,8,10-12H,6-7,9,13H2,(H,19,21,22). The molecule has 0 saturated carbocycles. The minimum absolute atomic E-state index is 0.358. The minimum Gasteiger partial charge on any atom is -0.294 e. The molecule has 0 fully saturated rings. The number of amides is 3. The van der Waals surface area contributed by atoms with Crippen LogP contribution in [0.15, 0.2) is 54.6 Å². The van der Waals surface area contributed by atoms with Crippen LogP contribution in [0.4, 0.5) is 10.5 Å². The summed E-state index contributed by atoms with van der Waals surface area (Å²) in [4.78, 5) is 26.3. The number of carbonyl (C=O) groups is 2. The number of carbonyl (C=O) groups excluding carboxylic acids is 2. The van der Waals surface area contributed by atoms with Crippen molar-refractivity contribution in [2.45, 2.75) is 19.3 Å². The lowest BCUT2D eigenvalue weighted by atomic mass is 10.1. The zero-order chi connectivity index (χ0) is 15.4. The summed E-state index contributed by atoms with van der Waals surface area (Å²) in [6, 6.07) is 16.3. The normalized spacial score (nSPS) is 13.9. The number of fused-ring (bicyclic) bond motifs is 1. The van der Waals surface area contributed by atoms with Crippen molar-refractivity contribution >= 4 is 17.6 Å². The molecule has 0 saturated heterocycles. The molecular weight excluding hydrogens is 276 g/mol. The number of nitrogens with zero attached hydrogens (tertiary/aromatic N) is 1. The third-order valence-corrected chi connectivity index (χ3v) is 3.86. The second-order valence-electron chi connectivity index (χ2n) is 5.36. The zero-order valence-electron chi connectivity index (χ0n) is 12.3. The fourth-order valence-corrected chi connectivity index (χ4v) is 2.73. The van der Waals surface area contributed by atoms with Crippen LogP contribution in [-0.2, 0) is 6.42 Å². The van der Waals surface area contributed by atoms with Gasteiger partial charge in [0.15, 0.2) is 0 Å². The van der Waals surface area contributed by atoms with E-state index in [1.807, 2.05) is 30.3 Å². The molecule has 1 N–H and O–H groups in total. The van der Waals surface area contributed by atoms with E-state index in [1.54, 1.807) is 29.2 Å². The molecule has 2 aromatic rings. The predicted molar refractivity (Wildman–Crippen MR) is 86.0 cm³/mol. The molecular formula is C18H18N2O2. The van der Waals surface area contributed by atoms with Crippen molar-refractivity contribution in [2.75, 3.05) is 11.4 Å². The van der Waals surface area contributed by atoms with Crippen LogP contribution in [0.1, 0.15) is 28.8 Å². The van der Waals surface area contributed by atoms with Crippen LogP contribution >= 0.6 is 0 Å². The number of anilines is 1. The molecule has 4 nitrogen and oxygen atoms in total. The predicted octanol–water partition coefficient (Wildman–Crippen LogP) is 3.38. The average Bonchev–Trinajstić information content (AvgIpc) is 2.78. The van der Waals surface area contributed by atoms with Gasteiger partial charge < -0.3 is 0 Å². The summed E-state index contributed by atoms with van der Waals surface area (Å²) in [7, 11) is 0. The molecule has 0 atom stereocenters. The highest BCUT2D eigenvalue weighted by Gasteiger charge is 2.22. The number of para-hydroxylation sites is 1. The van der Waals surface area contributed by atoms with Gasteiger partial charge in [-0.2, -0.15) is 0 Å². The van der Waals surface area contributed by atoms with Gasteiger partial charge in [-0.05, 0) is 43.0 Å². The Morgan fingerprint density at radius 1 is 0.909 bits per heavy atom. The van der Waals surface area contributed by atoms with Crippen LogP contribution in [0.2, 0.25) is 0 Å². The lowest BCUT2D eigenvalue weighted by Crippen LogP contribution is -2.43. The third-order valence-electron chi connectivity index (χ3n) is 3.86. The molecule has 22 heavy (non-hydrogen) atoms. The molecule has 2 aromatic carbocycles. The van der Waals surface area contributed by atoms with Crippen LogP contribution in [0.5, 0.6) is 0 Å². The fourth-order valence-electron chi connectivity index (χ4n) is 2.73. The Bertz CT molecular complexity index is 682. The molecule has 1 aliphatic rings. The summed E-state index contributed by atoms with van der Waals surface area (Å²) >= 11 is 0. The maximum Gasteiger partial charge on any atom is 0.328 e. The monoisotopic (exact) mass is 294 g/mol. The Hall–Kier alpha value is -2.62. The number of hydrogen-bond donors (Lipinski definition) is 1. The number of benzene rings is 2. The first-order chi connectivity index (χ1) is 10.8. The Balaban J connectivity index is 1.79. The number of urea groups is 1. The van der Waals surface area contributed by atoms with E-state index in [2.05, 4.69) is 5.32 Å². The molecule has 0 radical (unpaired) electrons. The van der Waals surface area contributed by atoms with E-state index in [0.29, 0.717) is 12.1 Å². The van der Waals surface area contributed by atoms with E-state index < -0.39 is 0 Å². The van der Waals surface area contributed by atoms with Gasteiger partial charge in [-0.3, -0.25) is 15.0 Å². The maximum absolute atomic E-state index is 12.5. The molecule has 0 aliphatic carbocycles. The van der Waals surface area contributed by atoms with E-state index in [9.17, 15) is 9.59 Å². The highest BCUT2D eigenvalue weighted by Crippen LogP contribution is 2.26. The second-order valence-corrected chi connectivity index (χ2v) is 5.36. The van der Waals surface area contributed by atoms with Crippen molar-refractivity contribution in [1.82, 2.24) is 5.32 Å². The van der Waals surface area contributed by atoms with Crippen LogP contribution in [-0.4, -0.2) is 18.5 Å². The van der Waals surface area contributed by atoms with Crippen molar-refractivity contribution in [3.63, 3.8) is 0 Å². The maximum atomic E-state index is 12.5. The quantitative estimate of drug-likeness (QED) is 0.876. The first-order valence-electron chi connectivity index (χ1n) is 7.51. The topological polar surface area (TPSA) is 49.4 Å². The fraction of sp³-hybridized carbons (Fsp3) is 0.222. The van der Waals surface area contributed by atoms with E-state index in [4.69, 9.17) is 0 Å². The molecule has 3 amide bonds. The molecule has 1 aliphatic heterocycles. The largest absolute Gasteiger partial charge is 0.328 e.